The van der Waals surface area contributed by atoms with E-state index in [1.807, 2.05) is 36.5 Å². The van der Waals surface area contributed by atoms with Gasteiger partial charge in [-0.05, 0) is 36.3 Å². The lowest BCUT2D eigenvalue weighted by molar-refractivity contribution is -0.116. The van der Waals surface area contributed by atoms with E-state index in [4.69, 9.17) is 0 Å². The van der Waals surface area contributed by atoms with Gasteiger partial charge in [0, 0.05) is 36.5 Å². The Labute approximate surface area is 237 Å². The van der Waals surface area contributed by atoms with Gasteiger partial charge in [-0.25, -0.2) is 0 Å². The zero-order valence-corrected chi connectivity index (χ0v) is 25.2. The van der Waals surface area contributed by atoms with Gasteiger partial charge in [-0.2, -0.15) is 0 Å². The molecule has 1 atom stereocenters. The molecule has 0 radical (unpaired) electrons. The molecule has 36 heavy (non-hydrogen) atoms. The third-order valence-corrected chi connectivity index (χ3v) is 7.53. The van der Waals surface area contributed by atoms with Gasteiger partial charge in [0.15, 0.2) is 0 Å². The molecule has 1 unspecified atom stereocenters. The summed E-state index contributed by atoms with van der Waals surface area (Å²) < 4.78 is 0. The number of halogens is 1. The van der Waals surface area contributed by atoms with Crippen LogP contribution in [0.1, 0.15) is 97.5 Å². The first-order valence-electron chi connectivity index (χ1n) is 13.9. The van der Waals surface area contributed by atoms with Crippen LogP contribution in [0.15, 0.2) is 66.9 Å². The maximum absolute atomic E-state index is 12.4. The number of hydrogen-bond donors (Lipinski definition) is 0. The van der Waals surface area contributed by atoms with Gasteiger partial charge >= 0.3 is 0 Å². The number of anilines is 2. The van der Waals surface area contributed by atoms with Crippen LogP contribution in [0.3, 0.4) is 0 Å². The minimum atomic E-state index is -0.0231. The van der Waals surface area contributed by atoms with E-state index in [1.54, 1.807) is 11.8 Å². The van der Waals surface area contributed by atoms with Crippen molar-refractivity contribution in [1.82, 2.24) is 0 Å². The third kappa shape index (κ3) is 8.09. The molecule has 3 rings (SSSR count). The van der Waals surface area contributed by atoms with Crippen LogP contribution in [-0.4, -0.2) is 18.5 Å². The lowest BCUT2D eigenvalue weighted by Crippen LogP contribution is -2.41. The Morgan fingerprint density at radius 3 is 2.03 bits per heavy atom. The van der Waals surface area contributed by atoms with Crippen molar-refractivity contribution in [3.05, 3.63) is 72.4 Å². The molecule has 1 amide bonds. The summed E-state index contributed by atoms with van der Waals surface area (Å²) in [6, 6.07) is 19.0. The van der Waals surface area contributed by atoms with E-state index >= 15 is 0 Å². The topological polar surface area (TPSA) is 23.6 Å². The lowest BCUT2D eigenvalue weighted by Gasteiger charge is -2.33. The van der Waals surface area contributed by atoms with Crippen LogP contribution in [0.25, 0.3) is 0 Å². The maximum atomic E-state index is 12.4. The Bertz CT molecular complexity index is 940. The van der Waals surface area contributed by atoms with Gasteiger partial charge in [-0.1, -0.05) is 115 Å². The van der Waals surface area contributed by atoms with E-state index < -0.39 is 0 Å². The van der Waals surface area contributed by atoms with Gasteiger partial charge in [0.1, 0.15) is 0 Å². The van der Waals surface area contributed by atoms with Crippen molar-refractivity contribution in [2.45, 2.75) is 103 Å². The summed E-state index contributed by atoms with van der Waals surface area (Å²) >= 11 is 0. The van der Waals surface area contributed by atoms with E-state index in [-0.39, 0.29) is 41.3 Å². The van der Waals surface area contributed by atoms with E-state index in [0.717, 1.165) is 12.2 Å². The molecule has 0 saturated heterocycles. The highest BCUT2D eigenvalue weighted by Crippen LogP contribution is 2.45. The van der Waals surface area contributed by atoms with Crippen LogP contribution >= 0.6 is 24.0 Å². The molecule has 0 saturated carbocycles. The van der Waals surface area contributed by atoms with Crippen molar-refractivity contribution in [3.8, 4) is 0 Å². The van der Waals surface area contributed by atoms with Crippen LogP contribution in [-0.2, 0) is 10.2 Å². The molecule has 3 nitrogen and oxygen atoms in total. The van der Waals surface area contributed by atoms with Crippen LogP contribution in [0, 0.1) is 0 Å². The molecule has 2 aromatic carbocycles. The van der Waals surface area contributed by atoms with Crippen molar-refractivity contribution in [2.75, 3.05) is 16.3 Å². The Morgan fingerprint density at radius 2 is 1.42 bits per heavy atom. The van der Waals surface area contributed by atoms with E-state index in [1.165, 1.54) is 75.5 Å². The molecule has 0 fully saturated rings. The Hall–Kier alpha value is -1.82. The molecule has 198 valence electrons. The van der Waals surface area contributed by atoms with Crippen molar-refractivity contribution >= 4 is 41.3 Å². The van der Waals surface area contributed by atoms with E-state index in [9.17, 15) is 4.79 Å². The molecule has 1 heterocycles. The highest BCUT2D eigenvalue weighted by molar-refractivity contribution is 14.0. The number of hydrogen-bond acceptors (Lipinski definition) is 2. The predicted octanol–water partition coefficient (Wildman–Crippen LogP) is 9.26. The summed E-state index contributed by atoms with van der Waals surface area (Å²) in [7, 11) is 0. The molecule has 1 aliphatic heterocycles. The highest BCUT2D eigenvalue weighted by atomic mass is 127. The van der Waals surface area contributed by atoms with Gasteiger partial charge in [0.25, 0.3) is 0 Å². The van der Waals surface area contributed by atoms with Crippen molar-refractivity contribution in [1.29, 1.82) is 0 Å². The number of unbranched alkanes of at least 4 members (excludes halogenated alkanes) is 9. The van der Waals surface area contributed by atoms with E-state index in [2.05, 4.69) is 56.0 Å². The number of amides is 1. The Morgan fingerprint density at radius 1 is 0.861 bits per heavy atom. The molecule has 0 bridgehead atoms. The molecule has 0 N–H and O–H groups in total. The molecular formula is C32H47IN2O. The quantitative estimate of drug-likeness (QED) is 0.159. The molecule has 1 aliphatic rings. The molecule has 4 heteroatoms. The van der Waals surface area contributed by atoms with Gasteiger partial charge in [0.05, 0.1) is 6.04 Å². The average Bonchev–Trinajstić information content (AvgIpc) is 3.07. The van der Waals surface area contributed by atoms with Crippen molar-refractivity contribution in [2.24, 2.45) is 0 Å². The summed E-state index contributed by atoms with van der Waals surface area (Å²) in [6.07, 6.45) is 17.7. The molecular weight excluding hydrogens is 555 g/mol. The smallest absolute Gasteiger partial charge is 0.227 e. The minimum Gasteiger partial charge on any atom is -0.364 e. The molecule has 0 aliphatic carbocycles. The predicted molar refractivity (Wildman–Crippen MR) is 167 cm³/mol. The summed E-state index contributed by atoms with van der Waals surface area (Å²) in [5.41, 5.74) is 3.63. The zero-order valence-electron chi connectivity index (χ0n) is 22.9. The number of benzene rings is 2. The summed E-state index contributed by atoms with van der Waals surface area (Å²) in [6.45, 7) is 9.63. The number of carbonyl (C=O) groups excluding carboxylic acids is 1. The molecule has 2 aromatic rings. The standard InChI is InChI=1S/C32H46N2O.HI/c1-5-6-7-8-9-10-11-12-13-19-25-34-30-23-18-17-22-29(30)32(3,4)31(34)24-26-33(27(2)35)28-20-15-14-16-21-28;/h14-18,20-24,26,31H,5-13,19,25H2,1-4H3;1H. The van der Waals surface area contributed by atoms with Crippen LogP contribution in [0.4, 0.5) is 11.4 Å². The summed E-state index contributed by atoms with van der Waals surface area (Å²) in [4.78, 5) is 16.8. The molecule has 0 spiro atoms. The van der Waals surface area contributed by atoms with Gasteiger partial charge < -0.3 is 4.90 Å². The zero-order chi connectivity index (χ0) is 25.1. The van der Waals surface area contributed by atoms with Gasteiger partial charge in [-0.15, -0.1) is 24.0 Å². The molecule has 0 aromatic heterocycles. The Kier molecular flexibility index (Phi) is 13.0. The lowest BCUT2D eigenvalue weighted by atomic mass is 9.80. The van der Waals surface area contributed by atoms with Crippen molar-refractivity contribution in [3.63, 3.8) is 0 Å². The van der Waals surface area contributed by atoms with Gasteiger partial charge in [-0.3, -0.25) is 9.69 Å². The van der Waals surface area contributed by atoms with Gasteiger partial charge in [0.2, 0.25) is 5.91 Å². The highest BCUT2D eigenvalue weighted by Gasteiger charge is 2.42. The number of nitrogens with zero attached hydrogens (tertiary/aromatic N) is 2. The fourth-order valence-corrected chi connectivity index (χ4v) is 5.47. The average molecular weight is 603 g/mol. The number of carbonyl (C=O) groups is 1. The fraction of sp³-hybridized carbons (Fsp3) is 0.531. The second kappa shape index (κ2) is 15.4. The number of para-hydroxylation sites is 2. The monoisotopic (exact) mass is 602 g/mol. The second-order valence-electron chi connectivity index (χ2n) is 10.6. The largest absolute Gasteiger partial charge is 0.364 e. The maximum Gasteiger partial charge on any atom is 0.227 e. The van der Waals surface area contributed by atoms with Crippen molar-refractivity contribution < 1.29 is 4.79 Å². The number of fused-ring (bicyclic) bond motifs is 1. The van der Waals surface area contributed by atoms with Crippen LogP contribution in [0.2, 0.25) is 0 Å². The SMILES string of the molecule is CCCCCCCCCCCCN1c2ccccc2C(C)(C)C1C=CN(C(C)=O)c1ccccc1.I. The fourth-order valence-electron chi connectivity index (χ4n) is 5.47. The first-order valence-corrected chi connectivity index (χ1v) is 13.9. The third-order valence-electron chi connectivity index (χ3n) is 7.53. The van der Waals surface area contributed by atoms with Crippen LogP contribution < -0.4 is 9.80 Å². The number of rotatable bonds is 14. The summed E-state index contributed by atoms with van der Waals surface area (Å²) in [5.74, 6) is 0.0296. The van der Waals surface area contributed by atoms with E-state index in [0.29, 0.717) is 0 Å². The second-order valence-corrected chi connectivity index (χ2v) is 10.6. The summed E-state index contributed by atoms with van der Waals surface area (Å²) in [5, 5.41) is 0. The normalized spacial score (nSPS) is 16.1. The minimum absolute atomic E-state index is 0. The Balaban J connectivity index is 0.00000456. The van der Waals surface area contributed by atoms with Crippen LogP contribution in [0.5, 0.6) is 0 Å². The first-order chi connectivity index (χ1) is 17.0. The first kappa shape index (κ1) is 30.4.